The van der Waals surface area contributed by atoms with Crippen molar-refractivity contribution < 1.29 is 12.6 Å². The van der Waals surface area contributed by atoms with Crippen molar-refractivity contribution in [3.63, 3.8) is 0 Å². The number of nitrogen functional groups attached to an aromatic ring is 1. The molecule has 0 heterocycles. The first-order valence-electron chi connectivity index (χ1n) is 5.36. The minimum Gasteiger partial charge on any atom is -0.396 e. The molecule has 5 N–H and O–H groups in total. The van der Waals surface area contributed by atoms with E-state index in [0.29, 0.717) is 23.7 Å². The van der Waals surface area contributed by atoms with Crippen molar-refractivity contribution in [1.29, 1.82) is 0 Å². The van der Waals surface area contributed by atoms with Crippen LogP contribution < -0.4 is 16.2 Å². The van der Waals surface area contributed by atoms with E-state index in [9.17, 15) is 12.6 Å². The van der Waals surface area contributed by atoms with Crippen LogP contribution in [0, 0.1) is 0 Å². The Hall–Kier alpha value is -1.12. The third-order valence-corrected chi connectivity index (χ3v) is 4.61. The number of hydrogen-bond donors (Lipinski definition) is 3. The molecule has 0 saturated carbocycles. The van der Waals surface area contributed by atoms with E-state index in [0.717, 1.165) is 0 Å². The Morgan fingerprint density at radius 1 is 1.39 bits per heavy atom. The van der Waals surface area contributed by atoms with Crippen molar-refractivity contribution >= 4 is 32.2 Å². The molecule has 102 valence electrons. The van der Waals surface area contributed by atoms with Gasteiger partial charge >= 0.3 is 0 Å². The first-order chi connectivity index (χ1) is 8.36. The summed E-state index contributed by atoms with van der Waals surface area (Å²) >= 11 is 0. The highest BCUT2D eigenvalue weighted by Crippen LogP contribution is 2.25. The molecular formula is C10H17N3O3S2. The second-order valence-corrected chi connectivity index (χ2v) is 7.02. The molecular weight excluding hydrogens is 274 g/mol. The fourth-order valence-corrected chi connectivity index (χ4v) is 2.69. The van der Waals surface area contributed by atoms with Gasteiger partial charge in [0.1, 0.15) is 4.90 Å². The number of anilines is 2. The molecule has 0 aliphatic rings. The Kier molecular flexibility index (Phi) is 5.12. The molecule has 0 aromatic heterocycles. The SMILES string of the molecule is CCS(=O)CCNc1cccc(S(N)(=O)=O)c1N. The fourth-order valence-electron chi connectivity index (χ4n) is 1.39. The Morgan fingerprint density at radius 3 is 2.61 bits per heavy atom. The number of sulfonamides is 1. The van der Waals surface area contributed by atoms with Gasteiger partial charge in [-0.2, -0.15) is 0 Å². The van der Waals surface area contributed by atoms with Crippen LogP contribution in [0.15, 0.2) is 23.1 Å². The van der Waals surface area contributed by atoms with Crippen LogP contribution in [0.2, 0.25) is 0 Å². The van der Waals surface area contributed by atoms with Crippen LogP contribution in [0.4, 0.5) is 11.4 Å². The van der Waals surface area contributed by atoms with Gasteiger partial charge in [-0.1, -0.05) is 13.0 Å². The lowest BCUT2D eigenvalue weighted by molar-refractivity contribution is 0.598. The first kappa shape index (κ1) is 14.9. The van der Waals surface area contributed by atoms with Crippen molar-refractivity contribution in [2.24, 2.45) is 5.14 Å². The minimum absolute atomic E-state index is 0.0854. The van der Waals surface area contributed by atoms with Crippen LogP contribution in [-0.2, 0) is 20.8 Å². The van der Waals surface area contributed by atoms with Gasteiger partial charge < -0.3 is 11.1 Å². The second-order valence-electron chi connectivity index (χ2n) is 3.62. The summed E-state index contributed by atoms with van der Waals surface area (Å²) < 4.78 is 33.7. The van der Waals surface area contributed by atoms with Crippen molar-refractivity contribution in [3.8, 4) is 0 Å². The van der Waals surface area contributed by atoms with Crippen LogP contribution >= 0.6 is 0 Å². The summed E-state index contributed by atoms with van der Waals surface area (Å²) in [5.41, 5.74) is 6.29. The molecule has 0 saturated heterocycles. The van der Waals surface area contributed by atoms with E-state index in [1.54, 1.807) is 12.1 Å². The maximum Gasteiger partial charge on any atom is 0.240 e. The van der Waals surface area contributed by atoms with E-state index < -0.39 is 20.8 Å². The average Bonchev–Trinajstić information content (AvgIpc) is 2.29. The summed E-state index contributed by atoms with van der Waals surface area (Å²) in [4.78, 5) is -0.107. The van der Waals surface area contributed by atoms with Crippen molar-refractivity contribution in [2.45, 2.75) is 11.8 Å². The highest BCUT2D eigenvalue weighted by molar-refractivity contribution is 7.89. The number of para-hydroxylation sites is 1. The number of rotatable bonds is 6. The van der Waals surface area contributed by atoms with E-state index >= 15 is 0 Å². The molecule has 1 aromatic carbocycles. The zero-order valence-electron chi connectivity index (χ0n) is 10.0. The largest absolute Gasteiger partial charge is 0.396 e. The maximum atomic E-state index is 11.3. The Labute approximate surface area is 109 Å². The smallest absolute Gasteiger partial charge is 0.240 e. The third kappa shape index (κ3) is 3.97. The van der Waals surface area contributed by atoms with Crippen LogP contribution in [0.5, 0.6) is 0 Å². The van der Waals surface area contributed by atoms with Gasteiger partial charge in [0.2, 0.25) is 10.0 Å². The van der Waals surface area contributed by atoms with Gasteiger partial charge in [0.15, 0.2) is 0 Å². The summed E-state index contributed by atoms with van der Waals surface area (Å²) in [6.07, 6.45) is 0. The molecule has 6 nitrogen and oxygen atoms in total. The molecule has 0 spiro atoms. The highest BCUT2D eigenvalue weighted by Gasteiger charge is 2.14. The summed E-state index contributed by atoms with van der Waals surface area (Å²) in [5, 5.41) is 7.99. The minimum atomic E-state index is -3.83. The molecule has 0 radical (unpaired) electrons. The Morgan fingerprint density at radius 2 is 2.06 bits per heavy atom. The Balaban J connectivity index is 2.82. The highest BCUT2D eigenvalue weighted by atomic mass is 32.2. The number of nitrogens with one attached hydrogen (secondary N) is 1. The molecule has 0 aliphatic carbocycles. The number of benzene rings is 1. The lowest BCUT2D eigenvalue weighted by atomic mass is 10.2. The van der Waals surface area contributed by atoms with Crippen molar-refractivity contribution in [3.05, 3.63) is 18.2 Å². The predicted octanol–water partition coefficient (Wildman–Crippen LogP) is 0.0967. The molecule has 1 aromatic rings. The monoisotopic (exact) mass is 291 g/mol. The summed E-state index contributed by atoms with van der Waals surface area (Å²) in [5.74, 6) is 1.07. The van der Waals surface area contributed by atoms with Crippen LogP contribution in [0.25, 0.3) is 0 Å². The van der Waals surface area contributed by atoms with Gasteiger partial charge in [0.25, 0.3) is 0 Å². The normalized spacial score (nSPS) is 13.2. The van der Waals surface area contributed by atoms with Gasteiger partial charge in [-0.3, -0.25) is 4.21 Å². The van der Waals surface area contributed by atoms with Crippen LogP contribution in [0.1, 0.15) is 6.92 Å². The molecule has 1 unspecified atom stereocenters. The topological polar surface area (TPSA) is 115 Å². The number of hydrogen-bond acceptors (Lipinski definition) is 5. The first-order valence-corrected chi connectivity index (χ1v) is 8.39. The molecule has 0 amide bonds. The van der Waals surface area contributed by atoms with E-state index in [2.05, 4.69) is 5.32 Å². The van der Waals surface area contributed by atoms with Crippen molar-refractivity contribution in [1.82, 2.24) is 0 Å². The maximum absolute atomic E-state index is 11.3. The van der Waals surface area contributed by atoms with Crippen LogP contribution in [0.3, 0.4) is 0 Å². The zero-order valence-corrected chi connectivity index (χ0v) is 11.7. The number of primary sulfonamides is 1. The fraction of sp³-hybridized carbons (Fsp3) is 0.400. The number of nitrogens with two attached hydrogens (primary N) is 2. The van der Waals surface area contributed by atoms with E-state index in [1.165, 1.54) is 6.07 Å². The zero-order chi connectivity index (χ0) is 13.8. The molecule has 0 fully saturated rings. The predicted molar refractivity (Wildman–Crippen MR) is 74.3 cm³/mol. The molecule has 1 atom stereocenters. The average molecular weight is 291 g/mol. The van der Waals surface area contributed by atoms with Gasteiger partial charge in [-0.15, -0.1) is 0 Å². The third-order valence-electron chi connectivity index (χ3n) is 2.34. The molecule has 0 bridgehead atoms. The quantitative estimate of drug-likeness (QED) is 0.643. The lowest BCUT2D eigenvalue weighted by Crippen LogP contribution is -2.17. The Bertz CT molecular complexity index is 543. The van der Waals surface area contributed by atoms with Gasteiger partial charge in [0, 0.05) is 28.9 Å². The molecule has 0 aliphatic heterocycles. The van der Waals surface area contributed by atoms with E-state index in [-0.39, 0.29) is 10.6 Å². The standard InChI is InChI=1S/C10H17N3O3S2/c1-2-17(14)7-6-13-8-4-3-5-9(10(8)11)18(12,15)16/h3-5,13H,2,6-7,11H2,1H3,(H2,12,15,16). The molecule has 18 heavy (non-hydrogen) atoms. The lowest BCUT2D eigenvalue weighted by Gasteiger charge is -2.11. The van der Waals surface area contributed by atoms with Gasteiger partial charge in [0.05, 0.1) is 11.4 Å². The van der Waals surface area contributed by atoms with Gasteiger partial charge in [-0.05, 0) is 12.1 Å². The summed E-state index contributed by atoms with van der Waals surface area (Å²) in [6, 6.07) is 4.55. The van der Waals surface area contributed by atoms with E-state index in [4.69, 9.17) is 10.9 Å². The summed E-state index contributed by atoms with van der Waals surface area (Å²) in [6.45, 7) is 2.30. The summed E-state index contributed by atoms with van der Waals surface area (Å²) in [7, 11) is -4.70. The van der Waals surface area contributed by atoms with Crippen LogP contribution in [-0.4, -0.2) is 30.7 Å². The molecule has 1 rings (SSSR count). The molecule has 8 heteroatoms. The van der Waals surface area contributed by atoms with Crippen molar-refractivity contribution in [2.75, 3.05) is 29.1 Å². The second kappa shape index (κ2) is 6.17. The van der Waals surface area contributed by atoms with Gasteiger partial charge in [-0.25, -0.2) is 13.6 Å². The van der Waals surface area contributed by atoms with E-state index in [1.807, 2.05) is 6.92 Å².